The summed E-state index contributed by atoms with van der Waals surface area (Å²) in [4.78, 5) is 86.9. The molecule has 17 nitrogen and oxygen atoms in total. The second-order valence-electron chi connectivity index (χ2n) is 13.2. The average molecular weight is 796 g/mol. The standard InChI is InChI=1S/C40H49N3O14/c1-24(44)42-36-38(56-27(4)47)37(55-26(3)46)33(23-53-25(2)45)57-39(36)52-19-13-7-6-12-18-43(21-34(48)41-20-35(49)51-5)40(50)54-22-32-30-16-10-8-14-28(30)29-15-9-11-17-31(29)32/h7-11,13-17,32-33,36-39H,6,12,18-23H2,1-5H3,(H,41,48)(H,42,44)/b13-7-/t33-,36-,37-,38-,39-/m1/s1. The Kier molecular flexibility index (Phi) is 16.5. The number of benzene rings is 2. The fourth-order valence-electron chi connectivity index (χ4n) is 6.56. The summed E-state index contributed by atoms with van der Waals surface area (Å²) in [5.74, 6) is -4.00. The molecule has 308 valence electrons. The van der Waals surface area contributed by atoms with E-state index in [2.05, 4.69) is 15.4 Å². The number of nitrogens with one attached hydrogen (secondary N) is 2. The number of nitrogens with zero attached hydrogens (tertiary/aromatic N) is 1. The molecular formula is C40H49N3O14. The summed E-state index contributed by atoms with van der Waals surface area (Å²) in [7, 11) is 1.20. The number of hydrogen-bond acceptors (Lipinski definition) is 14. The largest absolute Gasteiger partial charge is 0.468 e. The fourth-order valence-corrected chi connectivity index (χ4v) is 6.56. The van der Waals surface area contributed by atoms with Gasteiger partial charge in [-0.2, -0.15) is 0 Å². The van der Waals surface area contributed by atoms with Gasteiger partial charge in [0.25, 0.3) is 0 Å². The SMILES string of the molecule is COC(=O)CNC(=O)CN(CCC/C=C\CO[C@@H]1O[C@H](COC(C)=O)[C@@H](OC(C)=O)[C@H](OC(C)=O)[C@H]1NC(C)=O)C(=O)OCC1c2ccccc2-c2ccccc21. The van der Waals surface area contributed by atoms with Gasteiger partial charge < -0.3 is 43.8 Å². The first-order valence-corrected chi connectivity index (χ1v) is 18.4. The van der Waals surface area contributed by atoms with Crippen LogP contribution in [0.4, 0.5) is 4.79 Å². The summed E-state index contributed by atoms with van der Waals surface area (Å²) < 4.78 is 38.3. The number of methoxy groups -OCH3 is 1. The molecule has 0 saturated carbocycles. The number of carbonyl (C=O) groups excluding carboxylic acids is 7. The minimum atomic E-state index is -1.26. The van der Waals surface area contributed by atoms with Crippen LogP contribution in [0.2, 0.25) is 0 Å². The maximum Gasteiger partial charge on any atom is 0.410 e. The first-order valence-electron chi connectivity index (χ1n) is 18.4. The Morgan fingerprint density at radius 1 is 0.789 bits per heavy atom. The van der Waals surface area contributed by atoms with E-state index in [1.54, 1.807) is 12.2 Å². The first-order chi connectivity index (χ1) is 27.3. The quantitative estimate of drug-likeness (QED) is 0.0962. The van der Waals surface area contributed by atoms with Gasteiger partial charge in [-0.1, -0.05) is 60.7 Å². The number of ether oxygens (including phenoxy) is 7. The number of allylic oxidation sites excluding steroid dienone is 1. The molecule has 2 aromatic rings. The number of carbonyl (C=O) groups is 7. The molecule has 1 aliphatic carbocycles. The van der Waals surface area contributed by atoms with Gasteiger partial charge in [0.2, 0.25) is 11.8 Å². The molecule has 1 saturated heterocycles. The van der Waals surface area contributed by atoms with Crippen LogP contribution in [-0.2, 0) is 61.9 Å². The molecule has 1 aliphatic heterocycles. The monoisotopic (exact) mass is 795 g/mol. The predicted octanol–water partition coefficient (Wildman–Crippen LogP) is 2.54. The summed E-state index contributed by atoms with van der Waals surface area (Å²) in [5.41, 5.74) is 4.22. The van der Waals surface area contributed by atoms with Gasteiger partial charge in [0, 0.05) is 40.2 Å². The van der Waals surface area contributed by atoms with Crippen LogP contribution in [0.1, 0.15) is 57.6 Å². The van der Waals surface area contributed by atoms with Crippen molar-refractivity contribution in [2.24, 2.45) is 0 Å². The van der Waals surface area contributed by atoms with Crippen molar-refractivity contribution in [3.05, 3.63) is 71.8 Å². The van der Waals surface area contributed by atoms with E-state index >= 15 is 0 Å². The van der Waals surface area contributed by atoms with Crippen LogP contribution in [0.5, 0.6) is 0 Å². The zero-order chi connectivity index (χ0) is 41.5. The van der Waals surface area contributed by atoms with Crippen LogP contribution in [0.15, 0.2) is 60.7 Å². The Bertz CT molecular complexity index is 1750. The van der Waals surface area contributed by atoms with E-state index < -0.39 is 72.4 Å². The van der Waals surface area contributed by atoms with Gasteiger partial charge >= 0.3 is 30.0 Å². The number of unbranched alkanes of at least 4 members (excludes halogenated alkanes) is 1. The molecule has 2 aromatic carbocycles. The third-order valence-electron chi connectivity index (χ3n) is 8.98. The first kappa shape index (κ1) is 43.9. The van der Waals surface area contributed by atoms with Crippen molar-refractivity contribution in [2.75, 3.05) is 46.6 Å². The number of rotatable bonds is 18. The lowest BCUT2D eigenvalue weighted by Gasteiger charge is -2.44. The van der Waals surface area contributed by atoms with Gasteiger partial charge in [0.15, 0.2) is 18.5 Å². The van der Waals surface area contributed by atoms with E-state index in [0.717, 1.165) is 36.1 Å². The molecule has 0 aromatic heterocycles. The lowest BCUT2D eigenvalue weighted by molar-refractivity contribution is -0.275. The molecular weight excluding hydrogens is 746 g/mol. The molecule has 4 rings (SSSR count). The highest BCUT2D eigenvalue weighted by atomic mass is 16.7. The predicted molar refractivity (Wildman–Crippen MR) is 200 cm³/mol. The second-order valence-corrected chi connectivity index (χ2v) is 13.2. The van der Waals surface area contributed by atoms with Gasteiger partial charge in [-0.3, -0.25) is 33.7 Å². The molecule has 57 heavy (non-hydrogen) atoms. The van der Waals surface area contributed by atoms with Crippen molar-refractivity contribution in [3.63, 3.8) is 0 Å². The number of amides is 3. The van der Waals surface area contributed by atoms with Crippen LogP contribution >= 0.6 is 0 Å². The lowest BCUT2D eigenvalue weighted by atomic mass is 9.96. The van der Waals surface area contributed by atoms with Crippen molar-refractivity contribution < 1.29 is 66.7 Å². The molecule has 2 aliphatic rings. The highest BCUT2D eigenvalue weighted by Gasteiger charge is 2.51. The molecule has 2 N–H and O–H groups in total. The molecule has 0 radical (unpaired) electrons. The van der Waals surface area contributed by atoms with E-state index in [-0.39, 0.29) is 45.4 Å². The Hall–Kier alpha value is -5.81. The second kappa shape index (κ2) is 21.5. The highest BCUT2D eigenvalue weighted by molar-refractivity contribution is 5.85. The van der Waals surface area contributed by atoms with Crippen LogP contribution < -0.4 is 10.6 Å². The van der Waals surface area contributed by atoms with Crippen LogP contribution in [0, 0.1) is 0 Å². The Labute approximate surface area is 330 Å². The van der Waals surface area contributed by atoms with Crippen molar-refractivity contribution in [3.8, 4) is 11.1 Å². The Morgan fingerprint density at radius 2 is 1.42 bits per heavy atom. The van der Waals surface area contributed by atoms with E-state index in [4.69, 9.17) is 28.4 Å². The van der Waals surface area contributed by atoms with Gasteiger partial charge in [0.05, 0.1) is 13.7 Å². The zero-order valence-electron chi connectivity index (χ0n) is 32.6. The third kappa shape index (κ3) is 12.9. The molecule has 5 atom stereocenters. The lowest BCUT2D eigenvalue weighted by Crippen LogP contribution is -2.66. The maximum absolute atomic E-state index is 13.5. The topological polar surface area (TPSA) is 211 Å². The smallest absolute Gasteiger partial charge is 0.410 e. The molecule has 0 bridgehead atoms. The summed E-state index contributed by atoms with van der Waals surface area (Å²) in [6.45, 7) is 3.74. The number of hydrogen-bond donors (Lipinski definition) is 2. The van der Waals surface area contributed by atoms with Crippen molar-refractivity contribution in [2.45, 2.75) is 77.1 Å². The summed E-state index contributed by atoms with van der Waals surface area (Å²) >= 11 is 0. The molecule has 3 amide bonds. The Balaban J connectivity index is 1.39. The molecule has 17 heteroatoms. The summed E-state index contributed by atoms with van der Waals surface area (Å²) in [5, 5.41) is 5.08. The molecule has 1 fully saturated rings. The van der Waals surface area contributed by atoms with Crippen molar-refractivity contribution in [1.82, 2.24) is 15.5 Å². The molecule has 0 unspecified atom stereocenters. The summed E-state index contributed by atoms with van der Waals surface area (Å²) in [6.07, 6.45) is -1.29. The maximum atomic E-state index is 13.5. The van der Waals surface area contributed by atoms with E-state index in [1.165, 1.54) is 25.9 Å². The average Bonchev–Trinajstić information content (AvgIpc) is 3.49. The van der Waals surface area contributed by atoms with Crippen LogP contribution in [0.3, 0.4) is 0 Å². The van der Waals surface area contributed by atoms with Crippen molar-refractivity contribution >= 4 is 41.8 Å². The Morgan fingerprint density at radius 3 is 2.02 bits per heavy atom. The molecule has 1 heterocycles. The fraction of sp³-hybridized carbons (Fsp3) is 0.475. The van der Waals surface area contributed by atoms with Gasteiger partial charge in [-0.25, -0.2) is 4.79 Å². The highest BCUT2D eigenvalue weighted by Crippen LogP contribution is 2.44. The van der Waals surface area contributed by atoms with Crippen LogP contribution in [-0.4, -0.2) is 124 Å². The number of fused-ring (bicyclic) bond motifs is 3. The summed E-state index contributed by atoms with van der Waals surface area (Å²) in [6, 6.07) is 14.7. The van der Waals surface area contributed by atoms with Crippen LogP contribution in [0.25, 0.3) is 11.1 Å². The van der Waals surface area contributed by atoms with E-state index in [0.29, 0.717) is 12.8 Å². The minimum absolute atomic E-state index is 0.0504. The zero-order valence-corrected chi connectivity index (χ0v) is 32.6. The van der Waals surface area contributed by atoms with E-state index in [1.807, 2.05) is 48.5 Å². The molecule has 0 spiro atoms. The van der Waals surface area contributed by atoms with Crippen molar-refractivity contribution in [1.29, 1.82) is 0 Å². The van der Waals surface area contributed by atoms with Gasteiger partial charge in [-0.15, -0.1) is 0 Å². The van der Waals surface area contributed by atoms with Gasteiger partial charge in [0.1, 0.15) is 38.4 Å². The number of esters is 4. The van der Waals surface area contributed by atoms with E-state index in [9.17, 15) is 33.6 Å². The normalized spacial score (nSPS) is 19.7. The van der Waals surface area contributed by atoms with Gasteiger partial charge in [-0.05, 0) is 35.1 Å². The minimum Gasteiger partial charge on any atom is -0.468 e. The third-order valence-corrected chi connectivity index (χ3v) is 8.98.